The van der Waals surface area contributed by atoms with Crippen molar-refractivity contribution >= 4 is 29.1 Å². The van der Waals surface area contributed by atoms with E-state index < -0.39 is 17.6 Å². The maximum atomic E-state index is 13.4. The monoisotopic (exact) mass is 406 g/mol. The summed E-state index contributed by atoms with van der Waals surface area (Å²) in [6, 6.07) is 2.13. The highest BCUT2D eigenvalue weighted by atomic mass is 32.2. The number of benzene rings is 1. The van der Waals surface area contributed by atoms with Crippen LogP contribution in [-0.2, 0) is 11.0 Å². The van der Waals surface area contributed by atoms with E-state index in [1.807, 2.05) is 0 Å². The Morgan fingerprint density at radius 3 is 2.74 bits per heavy atom. The van der Waals surface area contributed by atoms with Crippen LogP contribution in [0.15, 0.2) is 32.8 Å². The van der Waals surface area contributed by atoms with Gasteiger partial charge >= 0.3 is 6.18 Å². The molecule has 7 nitrogen and oxygen atoms in total. The van der Waals surface area contributed by atoms with Gasteiger partial charge in [0.15, 0.2) is 16.6 Å². The van der Waals surface area contributed by atoms with Crippen molar-refractivity contribution in [1.82, 2.24) is 15.8 Å². The predicted molar refractivity (Wildman–Crippen MR) is 87.5 cm³/mol. The van der Waals surface area contributed by atoms with Crippen LogP contribution >= 0.6 is 11.8 Å². The van der Waals surface area contributed by atoms with Gasteiger partial charge in [-0.1, -0.05) is 0 Å². The molecule has 0 spiro atoms. The van der Waals surface area contributed by atoms with Crippen LogP contribution in [0.1, 0.15) is 31.0 Å². The maximum Gasteiger partial charge on any atom is 0.419 e. The van der Waals surface area contributed by atoms with E-state index in [1.165, 1.54) is 18.7 Å². The van der Waals surface area contributed by atoms with E-state index >= 15 is 0 Å². The van der Waals surface area contributed by atoms with Crippen LogP contribution < -0.4 is 5.48 Å². The number of nitrogens with zero attached hydrogens (tertiary/aromatic N) is 3. The van der Waals surface area contributed by atoms with Crippen LogP contribution in [0.5, 0.6) is 0 Å². The van der Waals surface area contributed by atoms with Gasteiger partial charge in [0.2, 0.25) is 0 Å². The predicted octanol–water partition coefficient (Wildman–Crippen LogP) is 3.75. The summed E-state index contributed by atoms with van der Waals surface area (Å²) in [5.41, 5.74) is -0.0744. The minimum absolute atomic E-state index is 0.0326. The first-order valence-electron chi connectivity index (χ1n) is 7.53. The van der Waals surface area contributed by atoms with E-state index in [0.29, 0.717) is 30.7 Å². The number of Topliss-reactive ketones (excluding diaryl/α,β-unsaturated/α-hetero) is 1. The lowest BCUT2D eigenvalue weighted by Gasteiger charge is -2.09. The van der Waals surface area contributed by atoms with Crippen LogP contribution in [-0.4, -0.2) is 32.9 Å². The summed E-state index contributed by atoms with van der Waals surface area (Å²) >= 11 is 1.17. The minimum atomic E-state index is -4.89. The number of hydrogen-bond donors (Lipinski definition) is 2. The Bertz CT molecular complexity index is 839. The molecule has 0 fully saturated rings. The summed E-state index contributed by atoms with van der Waals surface area (Å²) in [4.78, 5) is 14.7. The quantitative estimate of drug-likeness (QED) is 0.180. The van der Waals surface area contributed by atoms with Crippen molar-refractivity contribution in [3.63, 3.8) is 0 Å². The third-order valence-corrected chi connectivity index (χ3v) is 4.23. The van der Waals surface area contributed by atoms with Gasteiger partial charge < -0.3 is 4.79 Å². The molecule has 1 heterocycles. The van der Waals surface area contributed by atoms with Crippen molar-refractivity contribution in [3.05, 3.63) is 35.3 Å². The second kappa shape index (κ2) is 8.95. The Hall–Kier alpha value is -2.47. The Morgan fingerprint density at radius 2 is 2.11 bits per heavy atom. The summed E-state index contributed by atoms with van der Waals surface area (Å²) in [5.74, 6) is -1.24. The zero-order valence-electron chi connectivity index (χ0n) is 13.9. The van der Waals surface area contributed by atoms with Gasteiger partial charge in [0.05, 0.1) is 11.3 Å². The molecule has 0 amide bonds. The molecule has 0 unspecified atom stereocenters. The third kappa shape index (κ3) is 5.76. The van der Waals surface area contributed by atoms with Gasteiger partial charge in [-0.15, -0.1) is 11.8 Å². The molecule has 12 heteroatoms. The summed E-state index contributed by atoms with van der Waals surface area (Å²) in [5, 5.41) is 16.7. The van der Waals surface area contributed by atoms with Crippen LogP contribution in [0.25, 0.3) is 0 Å². The molecule has 0 aliphatic heterocycles. The largest absolute Gasteiger partial charge is 0.419 e. The first-order chi connectivity index (χ1) is 12.7. The number of aromatic nitrogens is 2. The summed E-state index contributed by atoms with van der Waals surface area (Å²) in [7, 11) is 0. The molecule has 0 aliphatic rings. The van der Waals surface area contributed by atoms with Crippen LogP contribution in [0.4, 0.5) is 23.2 Å². The Morgan fingerprint density at radius 1 is 1.37 bits per heavy atom. The number of hydrogen-bond acceptors (Lipinski definition) is 7. The molecule has 27 heavy (non-hydrogen) atoms. The van der Waals surface area contributed by atoms with Crippen LogP contribution in [0.2, 0.25) is 0 Å². The van der Waals surface area contributed by atoms with E-state index in [9.17, 15) is 27.6 Å². The summed E-state index contributed by atoms with van der Waals surface area (Å²) in [6.07, 6.45) is -3.95. The molecule has 0 saturated heterocycles. The van der Waals surface area contributed by atoms with Crippen LogP contribution in [0, 0.1) is 5.82 Å². The minimum Gasteiger partial charge on any atom is -0.300 e. The SMILES string of the molecule is CC(=O)CCCSc1nonc1C(=Nc1ccc(F)c(C(F)(F)F)c1)NO. The summed E-state index contributed by atoms with van der Waals surface area (Å²) in [6.45, 7) is 1.46. The maximum absolute atomic E-state index is 13.4. The molecule has 0 saturated carbocycles. The molecular formula is C15H14F4N4O3S. The number of carbonyl (C=O) groups excluding carboxylic acids is 1. The molecule has 2 N–H and O–H groups in total. The summed E-state index contributed by atoms with van der Waals surface area (Å²) < 4.78 is 56.3. The van der Waals surface area contributed by atoms with Crippen molar-refractivity contribution in [1.29, 1.82) is 0 Å². The van der Waals surface area contributed by atoms with Gasteiger partial charge in [0, 0.05) is 12.2 Å². The first kappa shape index (κ1) is 20.8. The number of amidine groups is 1. The normalized spacial score (nSPS) is 12.3. The van der Waals surface area contributed by atoms with Gasteiger partial charge in [-0.25, -0.2) is 14.0 Å². The molecule has 1 aromatic carbocycles. The highest BCUT2D eigenvalue weighted by Gasteiger charge is 2.34. The molecule has 0 radical (unpaired) electrons. The standard InChI is InChI=1S/C15H14F4N4O3S/c1-8(24)3-2-6-27-14-12(22-26-23-14)13(21-25)20-9-4-5-11(16)10(7-9)15(17,18)19/h4-5,7,25H,2-3,6H2,1H3,(H,20,21). The number of carbonyl (C=O) groups is 1. The van der Waals surface area contributed by atoms with Gasteiger partial charge in [-0.3, -0.25) is 10.7 Å². The first-order valence-corrected chi connectivity index (χ1v) is 8.51. The molecule has 0 atom stereocenters. The molecule has 0 aliphatic carbocycles. The zero-order valence-corrected chi connectivity index (χ0v) is 14.7. The molecule has 1 aromatic heterocycles. The fourth-order valence-corrected chi connectivity index (χ4v) is 2.81. The lowest BCUT2D eigenvalue weighted by atomic mass is 10.2. The van der Waals surface area contributed by atoms with Crippen molar-refractivity contribution < 1.29 is 32.2 Å². The molecule has 2 aromatic rings. The van der Waals surface area contributed by atoms with E-state index in [-0.39, 0.29) is 28.0 Å². The van der Waals surface area contributed by atoms with Crippen LogP contribution in [0.3, 0.4) is 0 Å². The number of thioether (sulfide) groups is 1. The van der Waals surface area contributed by atoms with Gasteiger partial charge in [-0.05, 0) is 41.9 Å². The molecule has 2 rings (SSSR count). The Labute approximate surface area is 154 Å². The highest BCUT2D eigenvalue weighted by molar-refractivity contribution is 7.99. The Balaban J connectivity index is 2.25. The Kier molecular flexibility index (Phi) is 6.91. The number of rotatable bonds is 7. The van der Waals surface area contributed by atoms with Crippen molar-refractivity contribution in [2.24, 2.45) is 4.99 Å². The van der Waals surface area contributed by atoms with Gasteiger partial charge in [0.1, 0.15) is 11.6 Å². The number of alkyl halides is 3. The molecular weight excluding hydrogens is 392 g/mol. The molecule has 0 bridgehead atoms. The number of aliphatic imine (C=N–C) groups is 1. The zero-order chi connectivity index (χ0) is 20.0. The lowest BCUT2D eigenvalue weighted by molar-refractivity contribution is -0.140. The van der Waals surface area contributed by atoms with Crippen molar-refractivity contribution in [3.8, 4) is 0 Å². The fraction of sp³-hybridized carbons (Fsp3) is 0.333. The van der Waals surface area contributed by atoms with E-state index in [4.69, 9.17) is 0 Å². The number of ketones is 1. The second-order valence-electron chi connectivity index (χ2n) is 5.31. The third-order valence-electron chi connectivity index (χ3n) is 3.20. The van der Waals surface area contributed by atoms with Gasteiger partial charge in [-0.2, -0.15) is 13.2 Å². The van der Waals surface area contributed by atoms with E-state index in [1.54, 1.807) is 5.48 Å². The number of halogens is 4. The number of hydroxylamine groups is 1. The average molecular weight is 406 g/mol. The fourth-order valence-electron chi connectivity index (χ4n) is 1.97. The topological polar surface area (TPSA) is 101 Å². The number of nitrogens with one attached hydrogen (secondary N) is 1. The average Bonchev–Trinajstić information content (AvgIpc) is 3.05. The van der Waals surface area contributed by atoms with Gasteiger partial charge in [0.25, 0.3) is 0 Å². The smallest absolute Gasteiger partial charge is 0.300 e. The van der Waals surface area contributed by atoms with E-state index in [0.717, 1.165) is 6.07 Å². The van der Waals surface area contributed by atoms with Crippen molar-refractivity contribution in [2.75, 3.05) is 5.75 Å². The van der Waals surface area contributed by atoms with Crippen molar-refractivity contribution in [2.45, 2.75) is 31.0 Å². The van der Waals surface area contributed by atoms with E-state index in [2.05, 4.69) is 19.9 Å². The highest BCUT2D eigenvalue weighted by Crippen LogP contribution is 2.34. The lowest BCUT2D eigenvalue weighted by Crippen LogP contribution is -2.21. The molecule has 146 valence electrons. The second-order valence-corrected chi connectivity index (χ2v) is 6.39.